The van der Waals surface area contributed by atoms with Crippen LogP contribution in [0.1, 0.15) is 22.7 Å². The number of hydrogen-bond acceptors (Lipinski definition) is 4. The Kier molecular flexibility index (Phi) is 6.83. The largest absolute Gasteiger partial charge is 0.507 e. The highest BCUT2D eigenvalue weighted by Crippen LogP contribution is 2.45. The van der Waals surface area contributed by atoms with Crippen molar-refractivity contribution in [2.45, 2.75) is 13.0 Å². The zero-order valence-electron chi connectivity index (χ0n) is 17.9. The number of ketones is 1. The molecule has 174 valence electrons. The Balaban J connectivity index is 2.04. The van der Waals surface area contributed by atoms with E-state index in [0.717, 1.165) is 5.56 Å². The molecule has 1 aliphatic heterocycles. The lowest BCUT2D eigenvalue weighted by Crippen LogP contribution is -2.29. The van der Waals surface area contributed by atoms with E-state index >= 15 is 0 Å². The SMILES string of the molecule is COc1c(Cl)cc(Cl)cc1/C(O)=C1\C(=O)C(=O)N(c2cc(Cl)cc(Cl)c2)C1c1cccc(C)c1. The average molecular weight is 537 g/mol. The summed E-state index contributed by atoms with van der Waals surface area (Å²) in [5.41, 5.74) is 1.74. The number of carbonyl (C=O) groups is 2. The van der Waals surface area contributed by atoms with Crippen LogP contribution < -0.4 is 9.64 Å². The van der Waals surface area contributed by atoms with Crippen LogP contribution in [0.4, 0.5) is 5.69 Å². The van der Waals surface area contributed by atoms with Gasteiger partial charge in [0.15, 0.2) is 0 Å². The van der Waals surface area contributed by atoms with Crippen LogP contribution in [0.15, 0.2) is 60.2 Å². The molecule has 1 amide bonds. The molecule has 1 heterocycles. The highest BCUT2D eigenvalue weighted by molar-refractivity contribution is 6.52. The normalized spacial score (nSPS) is 17.4. The molecule has 0 radical (unpaired) electrons. The summed E-state index contributed by atoms with van der Waals surface area (Å²) in [6.07, 6.45) is 0. The summed E-state index contributed by atoms with van der Waals surface area (Å²) in [5, 5.41) is 12.3. The quantitative estimate of drug-likeness (QED) is 0.217. The fourth-order valence-electron chi connectivity index (χ4n) is 4.02. The molecule has 1 unspecified atom stereocenters. The maximum absolute atomic E-state index is 13.3. The van der Waals surface area contributed by atoms with Crippen LogP contribution in [0, 0.1) is 6.92 Å². The monoisotopic (exact) mass is 535 g/mol. The number of aliphatic hydroxyl groups excluding tert-OH is 1. The van der Waals surface area contributed by atoms with Crippen molar-refractivity contribution in [3.8, 4) is 5.75 Å². The molecule has 3 aromatic carbocycles. The van der Waals surface area contributed by atoms with Gasteiger partial charge in [-0.15, -0.1) is 0 Å². The van der Waals surface area contributed by atoms with Gasteiger partial charge in [-0.1, -0.05) is 76.2 Å². The van der Waals surface area contributed by atoms with Gasteiger partial charge in [0.25, 0.3) is 11.7 Å². The van der Waals surface area contributed by atoms with Gasteiger partial charge in [0.2, 0.25) is 0 Å². The molecule has 1 aliphatic rings. The molecule has 5 nitrogen and oxygen atoms in total. The van der Waals surface area contributed by atoms with E-state index in [9.17, 15) is 14.7 Å². The first kappa shape index (κ1) is 24.4. The second-order valence-electron chi connectivity index (χ2n) is 7.68. The minimum atomic E-state index is -0.975. The summed E-state index contributed by atoms with van der Waals surface area (Å²) in [6.45, 7) is 1.88. The Labute approximate surface area is 216 Å². The minimum Gasteiger partial charge on any atom is -0.507 e. The van der Waals surface area contributed by atoms with Crippen LogP contribution in [0.3, 0.4) is 0 Å². The molecule has 0 aromatic heterocycles. The maximum Gasteiger partial charge on any atom is 0.300 e. The van der Waals surface area contributed by atoms with Crippen LogP contribution in [-0.2, 0) is 9.59 Å². The van der Waals surface area contributed by atoms with E-state index in [1.54, 1.807) is 12.1 Å². The molecule has 1 atom stereocenters. The second-order valence-corrected chi connectivity index (χ2v) is 9.40. The number of Topliss-reactive ketones (excluding diaryl/α,β-unsaturated/α-hetero) is 1. The van der Waals surface area contributed by atoms with E-state index in [2.05, 4.69) is 0 Å². The van der Waals surface area contributed by atoms with E-state index in [4.69, 9.17) is 51.1 Å². The topological polar surface area (TPSA) is 66.8 Å². The van der Waals surface area contributed by atoms with Crippen LogP contribution in [0.5, 0.6) is 5.75 Å². The number of halogens is 4. The molecular formula is C25H17Cl4NO4. The van der Waals surface area contributed by atoms with Gasteiger partial charge < -0.3 is 9.84 Å². The fourth-order valence-corrected chi connectivity index (χ4v) is 5.11. The maximum atomic E-state index is 13.3. The van der Waals surface area contributed by atoms with Crippen molar-refractivity contribution in [2.24, 2.45) is 0 Å². The van der Waals surface area contributed by atoms with Crippen molar-refractivity contribution >= 4 is 69.5 Å². The number of methoxy groups -OCH3 is 1. The van der Waals surface area contributed by atoms with Crippen molar-refractivity contribution in [3.05, 3.63) is 97.0 Å². The third-order valence-corrected chi connectivity index (χ3v) is 6.33. The van der Waals surface area contributed by atoms with Crippen molar-refractivity contribution in [3.63, 3.8) is 0 Å². The molecule has 1 N–H and O–H groups in total. The van der Waals surface area contributed by atoms with E-state index in [1.807, 2.05) is 19.1 Å². The number of ether oxygens (including phenoxy) is 1. The Bertz CT molecular complexity index is 1350. The zero-order valence-corrected chi connectivity index (χ0v) is 20.9. The van der Waals surface area contributed by atoms with Crippen molar-refractivity contribution in [1.82, 2.24) is 0 Å². The standard InChI is InChI=1S/C25H17Cl4NO4/c1-12-4-3-5-13(6-12)21-20(22(31)18-10-16(28)11-19(29)24(18)34-2)23(32)25(33)30(21)17-8-14(26)7-15(27)9-17/h3-11,21,31H,1-2H3/b22-20+. The Hall–Kier alpha value is -2.70. The number of rotatable bonds is 4. The number of hydrogen-bond donors (Lipinski definition) is 1. The van der Waals surface area contributed by atoms with Crippen LogP contribution >= 0.6 is 46.4 Å². The predicted octanol–water partition coefficient (Wildman–Crippen LogP) is 7.24. The van der Waals surface area contributed by atoms with Crippen molar-refractivity contribution in [2.75, 3.05) is 12.0 Å². The van der Waals surface area contributed by atoms with Gasteiger partial charge in [-0.25, -0.2) is 0 Å². The lowest BCUT2D eigenvalue weighted by atomic mass is 9.94. The van der Waals surface area contributed by atoms with Gasteiger partial charge in [0, 0.05) is 20.8 Å². The van der Waals surface area contributed by atoms with Gasteiger partial charge in [-0.2, -0.15) is 0 Å². The number of anilines is 1. The molecule has 3 aromatic rings. The highest BCUT2D eigenvalue weighted by atomic mass is 35.5. The van der Waals surface area contributed by atoms with E-state index < -0.39 is 23.5 Å². The average Bonchev–Trinajstić information content (AvgIpc) is 3.03. The van der Waals surface area contributed by atoms with E-state index in [0.29, 0.717) is 11.3 Å². The fraction of sp³-hybridized carbons (Fsp3) is 0.120. The smallest absolute Gasteiger partial charge is 0.300 e. The third-order valence-electron chi connectivity index (χ3n) is 5.40. The molecule has 0 spiro atoms. The number of aliphatic hydroxyl groups is 1. The second kappa shape index (κ2) is 9.51. The van der Waals surface area contributed by atoms with E-state index in [-0.39, 0.29) is 37.0 Å². The predicted molar refractivity (Wildman–Crippen MR) is 135 cm³/mol. The summed E-state index contributed by atoms with van der Waals surface area (Å²) >= 11 is 24.8. The molecule has 1 fully saturated rings. The number of nitrogens with zero attached hydrogens (tertiary/aromatic N) is 1. The molecule has 0 bridgehead atoms. The van der Waals surface area contributed by atoms with Crippen molar-refractivity contribution in [1.29, 1.82) is 0 Å². The van der Waals surface area contributed by atoms with Gasteiger partial charge in [-0.05, 0) is 42.8 Å². The summed E-state index contributed by atoms with van der Waals surface area (Å²) < 4.78 is 5.35. The number of carbonyl (C=O) groups excluding carboxylic acids is 2. The molecule has 1 saturated heterocycles. The van der Waals surface area contributed by atoms with Gasteiger partial charge in [0.1, 0.15) is 11.5 Å². The summed E-state index contributed by atoms with van der Waals surface area (Å²) in [5.74, 6) is -2.10. The number of amides is 1. The van der Waals surface area contributed by atoms with Gasteiger partial charge >= 0.3 is 0 Å². The Morgan fingerprint density at radius 3 is 2.21 bits per heavy atom. The first-order valence-electron chi connectivity index (χ1n) is 9.99. The van der Waals surface area contributed by atoms with Crippen LogP contribution in [0.25, 0.3) is 5.76 Å². The van der Waals surface area contributed by atoms with Crippen molar-refractivity contribution < 1.29 is 19.4 Å². The summed E-state index contributed by atoms with van der Waals surface area (Å²) in [4.78, 5) is 27.9. The molecule has 0 aliphatic carbocycles. The molecule has 34 heavy (non-hydrogen) atoms. The van der Waals surface area contributed by atoms with Gasteiger partial charge in [0.05, 0.1) is 29.3 Å². The highest BCUT2D eigenvalue weighted by Gasteiger charge is 2.47. The number of aryl methyl sites for hydroxylation is 1. The summed E-state index contributed by atoms with van der Waals surface area (Å²) in [6, 6.07) is 13.7. The lowest BCUT2D eigenvalue weighted by Gasteiger charge is -2.26. The molecule has 9 heteroatoms. The van der Waals surface area contributed by atoms with Crippen LogP contribution in [-0.4, -0.2) is 23.9 Å². The third kappa shape index (κ3) is 4.37. The zero-order chi connectivity index (χ0) is 24.7. The first-order valence-corrected chi connectivity index (χ1v) is 11.5. The molecule has 4 rings (SSSR count). The number of benzene rings is 3. The lowest BCUT2D eigenvalue weighted by molar-refractivity contribution is -0.132. The molecular weight excluding hydrogens is 520 g/mol. The summed E-state index contributed by atoms with van der Waals surface area (Å²) in [7, 11) is 1.37. The Morgan fingerprint density at radius 1 is 0.941 bits per heavy atom. The Morgan fingerprint density at radius 2 is 1.59 bits per heavy atom. The van der Waals surface area contributed by atoms with Gasteiger partial charge in [-0.3, -0.25) is 14.5 Å². The van der Waals surface area contributed by atoms with E-state index in [1.165, 1.54) is 42.3 Å². The first-order chi connectivity index (χ1) is 16.1. The van der Waals surface area contributed by atoms with Crippen LogP contribution in [0.2, 0.25) is 20.1 Å². The minimum absolute atomic E-state index is 0.0831. The molecule has 0 saturated carbocycles.